The molecule has 8 unspecified atom stereocenters. The molecule has 1 heterocycles. The van der Waals surface area contributed by atoms with E-state index in [2.05, 4.69) is 62.5 Å². The lowest BCUT2D eigenvalue weighted by atomic mass is 9.99. The van der Waals surface area contributed by atoms with Gasteiger partial charge in [-0.1, -0.05) is 281 Å². The lowest BCUT2D eigenvalue weighted by Crippen LogP contribution is -2.61. The Labute approximate surface area is 478 Å². The van der Waals surface area contributed by atoms with Crippen LogP contribution >= 0.6 is 0 Å². The SMILES string of the molecule is CCCCC/C=C\C/C=C\C/C=C\CCCCCCCCCCCCC(=O)OC1C(OCC(NC(=O)C(O)CCCCCCCCCCCCCCC)C(O)/C=C/CCCCCCCCCCCCC)OC(CO)C(O)C1O. The van der Waals surface area contributed by atoms with Gasteiger partial charge in [-0.3, -0.25) is 9.59 Å². The van der Waals surface area contributed by atoms with Gasteiger partial charge in [-0.25, -0.2) is 0 Å². The zero-order chi connectivity index (χ0) is 56.8. The Kier molecular flexibility index (Phi) is 52.1. The number of nitrogens with one attached hydrogen (secondary N) is 1. The third-order valence-electron chi connectivity index (χ3n) is 15.5. The fraction of sp³-hybridized carbons (Fsp3) is 0.851. The van der Waals surface area contributed by atoms with Gasteiger partial charge in [-0.05, 0) is 64.2 Å². The highest BCUT2D eigenvalue weighted by Gasteiger charge is 2.47. The monoisotopic (exact) mass is 1100 g/mol. The number of aliphatic hydroxyl groups excluding tert-OH is 5. The van der Waals surface area contributed by atoms with Crippen molar-refractivity contribution in [2.75, 3.05) is 13.2 Å². The number of rotatable bonds is 56. The smallest absolute Gasteiger partial charge is 0.306 e. The molecule has 1 saturated heterocycles. The molecule has 0 aromatic carbocycles. The van der Waals surface area contributed by atoms with Crippen LogP contribution in [0.5, 0.6) is 0 Å². The zero-order valence-electron chi connectivity index (χ0n) is 50.5. The molecule has 11 nitrogen and oxygen atoms in total. The number of allylic oxidation sites excluding steroid dienone is 7. The standard InChI is InChI=1S/C67H123NO10/c1-4-7-10-13-16-19-22-25-26-27-28-29-30-31-32-33-34-37-40-43-46-49-52-55-62(72)78-65-64(74)63(73)61(56-69)77-67(65)76-57-58(59(70)53-50-47-44-41-38-35-23-20-17-14-11-8-5-2)68-66(75)60(71)54-51-48-45-42-39-36-24-21-18-15-12-9-6-3/h16,19,25-26,28-29,50,53,58-61,63-65,67,69-71,73-74H,4-15,17-18,20-24,27,30-49,51-52,54-57H2,1-3H3,(H,68,75)/b19-16-,26-25-,29-28-,53-50+. The number of unbranched alkanes of at least 4 members (excludes halogenated alkanes) is 36. The fourth-order valence-electron chi connectivity index (χ4n) is 10.2. The Morgan fingerprint density at radius 2 is 0.885 bits per heavy atom. The summed E-state index contributed by atoms with van der Waals surface area (Å²) in [5.41, 5.74) is 0. The Bertz CT molecular complexity index is 1450. The van der Waals surface area contributed by atoms with Crippen LogP contribution in [0.25, 0.3) is 0 Å². The summed E-state index contributed by atoms with van der Waals surface area (Å²) in [6, 6.07) is -1.02. The maximum atomic E-state index is 13.4. The average molecular weight is 1100 g/mol. The van der Waals surface area contributed by atoms with Gasteiger partial charge >= 0.3 is 5.97 Å². The predicted molar refractivity (Wildman–Crippen MR) is 324 cm³/mol. The summed E-state index contributed by atoms with van der Waals surface area (Å²) in [4.78, 5) is 26.6. The molecule has 1 rings (SSSR count). The van der Waals surface area contributed by atoms with Gasteiger partial charge < -0.3 is 45.1 Å². The quantitative estimate of drug-likeness (QED) is 0.0195. The first-order valence-electron chi connectivity index (χ1n) is 32.9. The summed E-state index contributed by atoms with van der Waals surface area (Å²) in [5.74, 6) is -1.19. The second-order valence-corrected chi connectivity index (χ2v) is 22.9. The molecular formula is C67H123NO10. The van der Waals surface area contributed by atoms with Gasteiger partial charge in [-0.15, -0.1) is 0 Å². The molecule has 1 amide bonds. The first-order chi connectivity index (χ1) is 38.2. The predicted octanol–water partition coefficient (Wildman–Crippen LogP) is 16.0. The second-order valence-electron chi connectivity index (χ2n) is 22.9. The summed E-state index contributed by atoms with van der Waals surface area (Å²) in [7, 11) is 0. The van der Waals surface area contributed by atoms with E-state index in [1.807, 2.05) is 6.08 Å². The number of amides is 1. The molecule has 0 bridgehead atoms. The second kappa shape index (κ2) is 55.2. The van der Waals surface area contributed by atoms with Crippen molar-refractivity contribution >= 4 is 11.9 Å². The molecular weight excluding hydrogens is 979 g/mol. The summed E-state index contributed by atoms with van der Waals surface area (Å²) in [5, 5.41) is 57.1. The molecule has 1 aliphatic heterocycles. The molecule has 0 aromatic rings. The number of carbonyl (C=O) groups excluding carboxylic acids is 2. The fourth-order valence-corrected chi connectivity index (χ4v) is 10.2. The van der Waals surface area contributed by atoms with E-state index in [1.54, 1.807) is 6.08 Å². The van der Waals surface area contributed by atoms with E-state index in [9.17, 15) is 35.1 Å². The third kappa shape index (κ3) is 42.5. The lowest BCUT2D eigenvalue weighted by molar-refractivity contribution is -0.305. The maximum Gasteiger partial charge on any atom is 0.306 e. The van der Waals surface area contributed by atoms with Crippen molar-refractivity contribution in [2.45, 2.75) is 352 Å². The van der Waals surface area contributed by atoms with Crippen molar-refractivity contribution < 1.29 is 49.3 Å². The largest absolute Gasteiger partial charge is 0.454 e. The minimum atomic E-state index is -1.61. The van der Waals surface area contributed by atoms with Crippen LogP contribution in [0.2, 0.25) is 0 Å². The first-order valence-corrected chi connectivity index (χ1v) is 32.9. The normalized spacial score (nSPS) is 19.2. The molecule has 0 radical (unpaired) electrons. The highest BCUT2D eigenvalue weighted by molar-refractivity contribution is 5.80. The Balaban J connectivity index is 2.62. The molecule has 1 aliphatic rings. The van der Waals surface area contributed by atoms with Crippen molar-refractivity contribution in [1.82, 2.24) is 5.32 Å². The molecule has 0 aromatic heterocycles. The van der Waals surface area contributed by atoms with Crippen LogP contribution in [0.3, 0.4) is 0 Å². The number of hydrogen-bond donors (Lipinski definition) is 6. The molecule has 78 heavy (non-hydrogen) atoms. The van der Waals surface area contributed by atoms with Crippen LogP contribution in [0.15, 0.2) is 48.6 Å². The number of hydrogen-bond acceptors (Lipinski definition) is 10. The van der Waals surface area contributed by atoms with Gasteiger partial charge in [0.05, 0.1) is 25.4 Å². The minimum absolute atomic E-state index is 0.120. The van der Waals surface area contributed by atoms with Crippen LogP contribution in [-0.2, 0) is 23.8 Å². The van der Waals surface area contributed by atoms with E-state index in [4.69, 9.17) is 14.2 Å². The summed E-state index contributed by atoms with van der Waals surface area (Å²) in [6.07, 6.45) is 57.1. The Hall–Kier alpha value is -2.38. The van der Waals surface area contributed by atoms with Gasteiger partial charge in [0.15, 0.2) is 12.4 Å². The third-order valence-corrected chi connectivity index (χ3v) is 15.5. The molecule has 0 saturated carbocycles. The summed E-state index contributed by atoms with van der Waals surface area (Å²) in [6.45, 7) is 5.78. The van der Waals surface area contributed by atoms with E-state index >= 15 is 0 Å². The maximum absolute atomic E-state index is 13.4. The number of carbonyl (C=O) groups is 2. The molecule has 0 aliphatic carbocycles. The van der Waals surface area contributed by atoms with Crippen molar-refractivity contribution in [3.05, 3.63) is 48.6 Å². The van der Waals surface area contributed by atoms with Gasteiger partial charge in [0.25, 0.3) is 0 Å². The van der Waals surface area contributed by atoms with Crippen molar-refractivity contribution in [1.29, 1.82) is 0 Å². The summed E-state index contributed by atoms with van der Waals surface area (Å²) >= 11 is 0. The van der Waals surface area contributed by atoms with Gasteiger partial charge in [0.1, 0.15) is 24.4 Å². The van der Waals surface area contributed by atoms with Crippen molar-refractivity contribution in [3.63, 3.8) is 0 Å². The van der Waals surface area contributed by atoms with Crippen LogP contribution in [0.4, 0.5) is 0 Å². The van der Waals surface area contributed by atoms with Gasteiger partial charge in [0.2, 0.25) is 5.91 Å². The molecule has 6 N–H and O–H groups in total. The highest BCUT2D eigenvalue weighted by atomic mass is 16.7. The van der Waals surface area contributed by atoms with Crippen molar-refractivity contribution in [3.8, 4) is 0 Å². The number of aliphatic hydroxyl groups is 5. The Morgan fingerprint density at radius 3 is 1.35 bits per heavy atom. The minimum Gasteiger partial charge on any atom is -0.454 e. The van der Waals surface area contributed by atoms with E-state index < -0.39 is 67.4 Å². The van der Waals surface area contributed by atoms with Crippen LogP contribution in [0, 0.1) is 0 Å². The molecule has 8 atom stereocenters. The number of ether oxygens (including phenoxy) is 3. The van der Waals surface area contributed by atoms with E-state index in [0.29, 0.717) is 19.3 Å². The van der Waals surface area contributed by atoms with E-state index in [-0.39, 0.29) is 13.0 Å². The topological polar surface area (TPSA) is 175 Å². The highest BCUT2D eigenvalue weighted by Crippen LogP contribution is 2.26. The lowest BCUT2D eigenvalue weighted by Gasteiger charge is -2.41. The molecule has 0 spiro atoms. The van der Waals surface area contributed by atoms with E-state index in [0.717, 1.165) is 77.0 Å². The average Bonchev–Trinajstić information content (AvgIpc) is 3.44. The molecule has 1 fully saturated rings. The van der Waals surface area contributed by atoms with Gasteiger partial charge in [-0.2, -0.15) is 0 Å². The van der Waals surface area contributed by atoms with E-state index in [1.165, 1.54) is 180 Å². The van der Waals surface area contributed by atoms with Crippen LogP contribution < -0.4 is 5.32 Å². The van der Waals surface area contributed by atoms with Crippen molar-refractivity contribution in [2.24, 2.45) is 0 Å². The zero-order valence-corrected chi connectivity index (χ0v) is 50.5. The van der Waals surface area contributed by atoms with Gasteiger partial charge in [0, 0.05) is 6.42 Å². The summed E-state index contributed by atoms with van der Waals surface area (Å²) < 4.78 is 17.7. The Morgan fingerprint density at radius 1 is 0.500 bits per heavy atom. The molecule has 456 valence electrons. The van der Waals surface area contributed by atoms with Crippen LogP contribution in [-0.4, -0.2) is 99.6 Å². The number of esters is 1. The van der Waals surface area contributed by atoms with Crippen LogP contribution in [0.1, 0.15) is 303 Å². The first kappa shape index (κ1) is 73.6. The molecule has 11 heteroatoms.